The first kappa shape index (κ1) is 21.4. The molecule has 1 aliphatic carbocycles. The van der Waals surface area contributed by atoms with E-state index in [0.717, 1.165) is 16.4 Å². The summed E-state index contributed by atoms with van der Waals surface area (Å²) in [5, 5.41) is 27.2. The van der Waals surface area contributed by atoms with Gasteiger partial charge in [-0.2, -0.15) is 0 Å². The molecule has 9 heteroatoms. The van der Waals surface area contributed by atoms with Crippen LogP contribution in [-0.4, -0.2) is 64.1 Å². The number of hydrogen-bond acceptors (Lipinski definition) is 6. The number of aliphatic hydroxyl groups excluding tert-OH is 2. The number of hydrogen-bond donors (Lipinski definition) is 4. The van der Waals surface area contributed by atoms with Gasteiger partial charge in [-0.25, -0.2) is 0 Å². The highest BCUT2D eigenvalue weighted by molar-refractivity contribution is 6.39. The number of aromatic nitrogens is 2. The second-order valence-electron chi connectivity index (χ2n) is 9.49. The summed E-state index contributed by atoms with van der Waals surface area (Å²) in [5.74, 6) is -0.305. The molecule has 1 saturated carbocycles. The van der Waals surface area contributed by atoms with E-state index < -0.39 is 36.2 Å². The van der Waals surface area contributed by atoms with Crippen molar-refractivity contribution >= 4 is 55.4 Å². The van der Waals surface area contributed by atoms with Gasteiger partial charge in [0.05, 0.1) is 41.4 Å². The predicted octanol–water partition coefficient (Wildman–Crippen LogP) is 3.00. The van der Waals surface area contributed by atoms with E-state index in [2.05, 4.69) is 10.3 Å². The fourth-order valence-electron chi connectivity index (χ4n) is 6.30. The lowest BCUT2D eigenvalue weighted by molar-refractivity contribution is -0.0504. The average molecular weight is 485 g/mol. The van der Waals surface area contributed by atoms with E-state index in [1.165, 1.54) is 7.11 Å². The van der Waals surface area contributed by atoms with Crippen LogP contribution in [0.3, 0.4) is 0 Å². The predicted molar refractivity (Wildman–Crippen MR) is 134 cm³/mol. The molecule has 3 heterocycles. The van der Waals surface area contributed by atoms with Gasteiger partial charge >= 0.3 is 0 Å². The van der Waals surface area contributed by atoms with Gasteiger partial charge in [0.2, 0.25) is 0 Å². The zero-order valence-corrected chi connectivity index (χ0v) is 19.5. The number of fused-ring (bicyclic) bond motifs is 10. The van der Waals surface area contributed by atoms with Crippen LogP contribution in [-0.2, 0) is 4.74 Å². The zero-order chi connectivity index (χ0) is 24.9. The monoisotopic (exact) mass is 485 g/mol. The number of carbonyl (C=O) groups excluding carboxylic acids is 2. The number of methoxy groups -OCH3 is 2. The molecule has 3 aromatic carbocycles. The molecule has 2 aliphatic rings. The van der Waals surface area contributed by atoms with Crippen molar-refractivity contribution in [2.45, 2.75) is 30.8 Å². The maximum atomic E-state index is 13.2. The minimum atomic E-state index is -0.992. The molecule has 9 nitrogen and oxygen atoms in total. The molecule has 1 fully saturated rings. The minimum absolute atomic E-state index is 0.258. The fourth-order valence-corrected chi connectivity index (χ4v) is 6.30. The number of para-hydroxylation sites is 1. The Balaban J connectivity index is 1.74. The SMILES string of the molecule is COc1ccc2c(c1)c1c3c(c4c5ccccc5[nH]c4c1n2C1C[C@H](O)[C@@H](OC)[C@H]1O)C(=O)NC3=O. The minimum Gasteiger partial charge on any atom is -0.497 e. The summed E-state index contributed by atoms with van der Waals surface area (Å²) in [6, 6.07) is 12.6. The molecule has 1 aliphatic heterocycles. The van der Waals surface area contributed by atoms with Crippen molar-refractivity contribution in [1.29, 1.82) is 0 Å². The highest BCUT2D eigenvalue weighted by atomic mass is 16.5. The van der Waals surface area contributed by atoms with Gasteiger partial charge in [-0.05, 0) is 30.7 Å². The number of imide groups is 1. The van der Waals surface area contributed by atoms with Crippen molar-refractivity contribution in [1.82, 2.24) is 14.9 Å². The average Bonchev–Trinajstić information content (AvgIpc) is 3.57. The van der Waals surface area contributed by atoms with E-state index in [0.29, 0.717) is 44.1 Å². The molecule has 2 amide bonds. The third-order valence-corrected chi connectivity index (χ3v) is 7.78. The van der Waals surface area contributed by atoms with Crippen LogP contribution in [0.4, 0.5) is 0 Å². The van der Waals surface area contributed by atoms with Crippen molar-refractivity contribution < 1.29 is 29.3 Å². The van der Waals surface area contributed by atoms with Gasteiger partial charge in [0, 0.05) is 39.7 Å². The Kier molecular flexibility index (Phi) is 4.33. The van der Waals surface area contributed by atoms with Gasteiger partial charge in [0.15, 0.2) is 0 Å². The van der Waals surface area contributed by atoms with Gasteiger partial charge in [-0.3, -0.25) is 14.9 Å². The Hall–Kier alpha value is -3.92. The number of aromatic amines is 1. The van der Waals surface area contributed by atoms with E-state index in [1.54, 1.807) is 7.11 Å². The lowest BCUT2D eigenvalue weighted by atomic mass is 9.96. The lowest BCUT2D eigenvalue weighted by Gasteiger charge is -2.22. The number of aliphatic hydroxyl groups is 2. The molecular formula is C27H23N3O6. The molecule has 5 aromatic rings. The van der Waals surface area contributed by atoms with Crippen molar-refractivity contribution in [2.24, 2.45) is 0 Å². The molecule has 4 N–H and O–H groups in total. The fraction of sp³-hybridized carbons (Fsp3) is 0.259. The van der Waals surface area contributed by atoms with Crippen LogP contribution >= 0.6 is 0 Å². The van der Waals surface area contributed by atoms with Crippen LogP contribution in [0.15, 0.2) is 42.5 Å². The summed E-state index contributed by atoms with van der Waals surface area (Å²) in [7, 11) is 3.03. The Morgan fingerprint density at radius 3 is 2.44 bits per heavy atom. The van der Waals surface area contributed by atoms with Gasteiger partial charge in [0.25, 0.3) is 11.8 Å². The molecule has 4 atom stereocenters. The molecule has 7 rings (SSSR count). The van der Waals surface area contributed by atoms with Gasteiger partial charge < -0.3 is 29.2 Å². The number of amides is 2. The summed E-state index contributed by atoms with van der Waals surface area (Å²) in [4.78, 5) is 29.8. The highest BCUT2D eigenvalue weighted by Gasteiger charge is 2.45. The third-order valence-electron chi connectivity index (χ3n) is 7.78. The zero-order valence-electron chi connectivity index (χ0n) is 19.5. The summed E-state index contributed by atoms with van der Waals surface area (Å²) in [6.07, 6.45) is -2.35. The second kappa shape index (κ2) is 7.30. The molecular weight excluding hydrogens is 462 g/mol. The Morgan fingerprint density at radius 2 is 1.72 bits per heavy atom. The van der Waals surface area contributed by atoms with Crippen LogP contribution in [0.1, 0.15) is 33.2 Å². The second-order valence-corrected chi connectivity index (χ2v) is 9.49. The first-order valence-corrected chi connectivity index (χ1v) is 11.8. The maximum Gasteiger partial charge on any atom is 0.259 e. The number of ether oxygens (including phenoxy) is 2. The van der Waals surface area contributed by atoms with Crippen molar-refractivity contribution in [3.05, 3.63) is 53.6 Å². The number of carbonyl (C=O) groups is 2. The summed E-state index contributed by atoms with van der Waals surface area (Å²) in [6.45, 7) is 0. The van der Waals surface area contributed by atoms with Crippen LogP contribution in [0.5, 0.6) is 5.75 Å². The Morgan fingerprint density at radius 1 is 0.972 bits per heavy atom. The molecule has 0 bridgehead atoms. The van der Waals surface area contributed by atoms with Crippen LogP contribution in [0.25, 0.3) is 43.6 Å². The summed E-state index contributed by atoms with van der Waals surface area (Å²) < 4.78 is 12.9. The van der Waals surface area contributed by atoms with E-state index >= 15 is 0 Å². The Labute approximate surface area is 204 Å². The normalized spacial score (nSPS) is 23.9. The van der Waals surface area contributed by atoms with Crippen molar-refractivity contribution in [3.63, 3.8) is 0 Å². The molecule has 1 unspecified atom stereocenters. The van der Waals surface area contributed by atoms with E-state index in [4.69, 9.17) is 9.47 Å². The van der Waals surface area contributed by atoms with Gasteiger partial charge in [0.1, 0.15) is 18.0 Å². The summed E-state index contributed by atoms with van der Waals surface area (Å²) >= 11 is 0. The molecule has 0 saturated heterocycles. The standard InChI is InChI=1S/C27H23N3O6/c1-35-11-7-8-15-13(9-11)19-21-20(26(33)29-27(21)34)18-12-5-3-4-6-14(12)28-22(18)23(19)30(15)16-10-17(31)25(36-2)24(16)32/h3-9,16-17,24-25,28,31-32H,10H2,1-2H3,(H,29,33,34)/t16?,17-,24-,25+/m0/s1. The van der Waals surface area contributed by atoms with Crippen LogP contribution in [0, 0.1) is 0 Å². The molecule has 2 aromatic heterocycles. The first-order valence-electron chi connectivity index (χ1n) is 11.8. The smallest absolute Gasteiger partial charge is 0.259 e. The molecule has 0 radical (unpaired) electrons. The van der Waals surface area contributed by atoms with E-state index in [-0.39, 0.29) is 6.42 Å². The maximum absolute atomic E-state index is 13.2. The number of H-pyrrole nitrogens is 1. The van der Waals surface area contributed by atoms with Crippen LogP contribution in [0.2, 0.25) is 0 Å². The number of nitrogens with zero attached hydrogens (tertiary/aromatic N) is 1. The van der Waals surface area contributed by atoms with Crippen molar-refractivity contribution in [3.8, 4) is 5.75 Å². The number of rotatable bonds is 3. The van der Waals surface area contributed by atoms with E-state index in [1.807, 2.05) is 47.0 Å². The van der Waals surface area contributed by atoms with Crippen LogP contribution < -0.4 is 10.1 Å². The topological polar surface area (TPSA) is 126 Å². The largest absolute Gasteiger partial charge is 0.497 e. The number of benzene rings is 3. The molecule has 182 valence electrons. The first-order chi connectivity index (χ1) is 17.4. The quantitative estimate of drug-likeness (QED) is 0.291. The number of nitrogens with one attached hydrogen (secondary N) is 2. The lowest BCUT2D eigenvalue weighted by Crippen LogP contribution is -2.33. The molecule has 0 spiro atoms. The third kappa shape index (κ3) is 2.54. The summed E-state index contributed by atoms with van der Waals surface area (Å²) in [5.41, 5.74) is 3.59. The van der Waals surface area contributed by atoms with Gasteiger partial charge in [-0.1, -0.05) is 18.2 Å². The molecule has 36 heavy (non-hydrogen) atoms. The van der Waals surface area contributed by atoms with E-state index in [9.17, 15) is 19.8 Å². The highest BCUT2D eigenvalue weighted by Crippen LogP contribution is 2.47. The van der Waals surface area contributed by atoms with Gasteiger partial charge in [-0.15, -0.1) is 0 Å². The Bertz CT molecular complexity index is 1770. The van der Waals surface area contributed by atoms with Crippen molar-refractivity contribution in [2.75, 3.05) is 14.2 Å².